The van der Waals surface area contributed by atoms with Crippen molar-refractivity contribution in [2.24, 2.45) is 0 Å². The van der Waals surface area contributed by atoms with E-state index in [1.165, 1.54) is 7.11 Å². The molecule has 3 rings (SSSR count). The number of esters is 1. The van der Waals surface area contributed by atoms with Gasteiger partial charge in [0.2, 0.25) is 0 Å². The number of ether oxygens (including phenoxy) is 2. The van der Waals surface area contributed by atoms with E-state index in [4.69, 9.17) is 32.7 Å². The Balaban J connectivity index is 2.10. The lowest BCUT2D eigenvalue weighted by atomic mass is 10.0. The van der Waals surface area contributed by atoms with E-state index in [1.807, 2.05) is 30.5 Å². The molecule has 0 saturated carbocycles. The highest BCUT2D eigenvalue weighted by atomic mass is 35.5. The topological polar surface area (TPSA) is 60.8 Å². The fraction of sp³-hybridized carbons (Fsp3) is 0.304. The number of halogens is 2. The Morgan fingerprint density at radius 3 is 2.42 bits per heavy atom. The van der Waals surface area contributed by atoms with Gasteiger partial charge in [-0.15, -0.1) is 0 Å². The summed E-state index contributed by atoms with van der Waals surface area (Å²) in [6.07, 6.45) is 1.74. The molecule has 0 aliphatic carbocycles. The minimum absolute atomic E-state index is 0.255. The van der Waals surface area contributed by atoms with Crippen LogP contribution in [0, 0.1) is 13.8 Å². The first kappa shape index (κ1) is 23.1. The van der Waals surface area contributed by atoms with E-state index >= 15 is 0 Å². The van der Waals surface area contributed by atoms with Gasteiger partial charge in [0.1, 0.15) is 0 Å². The summed E-state index contributed by atoms with van der Waals surface area (Å²) in [6, 6.07) is 7.37. The van der Waals surface area contributed by atoms with E-state index in [9.17, 15) is 9.59 Å². The van der Waals surface area contributed by atoms with Gasteiger partial charge in [0, 0.05) is 36.4 Å². The summed E-state index contributed by atoms with van der Waals surface area (Å²) in [5, 5.41) is 0.934. The number of hydrogen-bond acceptors (Lipinski definition) is 4. The number of amides is 1. The van der Waals surface area contributed by atoms with E-state index < -0.39 is 5.97 Å². The Bertz CT molecular complexity index is 1120. The maximum absolute atomic E-state index is 13.1. The van der Waals surface area contributed by atoms with Crippen molar-refractivity contribution in [1.29, 1.82) is 0 Å². The van der Waals surface area contributed by atoms with Crippen LogP contribution in [0.2, 0.25) is 10.0 Å². The average molecular weight is 463 g/mol. The van der Waals surface area contributed by atoms with Crippen molar-refractivity contribution >= 4 is 41.2 Å². The molecule has 0 atom stereocenters. The van der Waals surface area contributed by atoms with E-state index in [1.54, 1.807) is 37.1 Å². The molecule has 0 saturated heterocycles. The third-order valence-corrected chi connectivity index (χ3v) is 6.09. The summed E-state index contributed by atoms with van der Waals surface area (Å²) < 4.78 is 12.1. The Morgan fingerprint density at radius 1 is 1.10 bits per heavy atom. The van der Waals surface area contributed by atoms with Crippen LogP contribution in [0.15, 0.2) is 41.1 Å². The molecule has 1 aromatic heterocycles. The number of rotatable bonds is 6. The monoisotopic (exact) mass is 462 g/mol. The number of carbonyl (C=O) groups excluding carboxylic acids is 2. The number of methoxy groups -OCH3 is 2. The summed E-state index contributed by atoms with van der Waals surface area (Å²) in [6.45, 7) is 6.34. The van der Waals surface area contributed by atoms with Crippen molar-refractivity contribution in [2.45, 2.75) is 20.8 Å². The standard InChI is InChI=1S/C23H24Cl2N2O4/c1-13-10-16(14(2)27(13)17-6-7-19(24)20(25)12-17)11-18-21(23(29)31-5)15(3)26(22(18)28)8-9-30-4/h6-7,10-12H,8-9H2,1-5H3/b18-11+. The van der Waals surface area contributed by atoms with E-state index in [0.717, 1.165) is 22.6 Å². The van der Waals surface area contributed by atoms with Gasteiger partial charge < -0.3 is 18.9 Å². The molecule has 0 spiro atoms. The summed E-state index contributed by atoms with van der Waals surface area (Å²) >= 11 is 12.3. The van der Waals surface area contributed by atoms with Crippen LogP contribution in [0.1, 0.15) is 23.9 Å². The predicted octanol–water partition coefficient (Wildman–Crippen LogP) is 4.72. The first-order valence-corrected chi connectivity index (χ1v) is 10.4. The van der Waals surface area contributed by atoms with Gasteiger partial charge >= 0.3 is 5.97 Å². The number of aromatic nitrogens is 1. The van der Waals surface area contributed by atoms with Crippen LogP contribution >= 0.6 is 23.2 Å². The molecule has 1 aliphatic heterocycles. The van der Waals surface area contributed by atoms with Gasteiger partial charge in [-0.2, -0.15) is 0 Å². The molecule has 0 fully saturated rings. The molecule has 6 nitrogen and oxygen atoms in total. The Morgan fingerprint density at radius 2 is 1.81 bits per heavy atom. The summed E-state index contributed by atoms with van der Waals surface area (Å²) in [5.41, 5.74) is 4.64. The molecule has 0 unspecified atom stereocenters. The van der Waals surface area contributed by atoms with Crippen LogP contribution in [0.3, 0.4) is 0 Å². The zero-order valence-electron chi connectivity index (χ0n) is 18.1. The quantitative estimate of drug-likeness (QED) is 0.460. The van der Waals surface area contributed by atoms with Crippen LogP contribution in [0.4, 0.5) is 0 Å². The smallest absolute Gasteiger partial charge is 0.340 e. The number of nitrogens with zero attached hydrogens (tertiary/aromatic N) is 2. The zero-order chi connectivity index (χ0) is 22.9. The van der Waals surface area contributed by atoms with Gasteiger partial charge in [0.15, 0.2) is 0 Å². The predicted molar refractivity (Wildman–Crippen MR) is 122 cm³/mol. The van der Waals surface area contributed by atoms with E-state index in [0.29, 0.717) is 34.5 Å². The van der Waals surface area contributed by atoms with E-state index in [2.05, 4.69) is 0 Å². The summed E-state index contributed by atoms with van der Waals surface area (Å²) in [7, 11) is 2.87. The van der Waals surface area contributed by atoms with Gasteiger partial charge in [0.05, 0.1) is 34.9 Å². The minimum atomic E-state index is -0.546. The Labute approximate surface area is 191 Å². The molecular weight excluding hydrogens is 439 g/mol. The van der Waals surface area contributed by atoms with Crippen LogP contribution in [0.25, 0.3) is 11.8 Å². The highest BCUT2D eigenvalue weighted by molar-refractivity contribution is 6.42. The number of allylic oxidation sites excluding steroid dienone is 1. The van der Waals surface area contributed by atoms with Gasteiger partial charge in [-0.05, 0) is 56.7 Å². The number of hydrogen-bond donors (Lipinski definition) is 0. The van der Waals surface area contributed by atoms with E-state index in [-0.39, 0.29) is 11.5 Å². The number of carbonyl (C=O) groups is 2. The normalized spacial score (nSPS) is 15.4. The van der Waals surface area contributed by atoms with Crippen LogP contribution in [-0.4, -0.2) is 48.7 Å². The van der Waals surface area contributed by atoms with Gasteiger partial charge in [-0.3, -0.25) is 4.79 Å². The van der Waals surface area contributed by atoms with Crippen molar-refractivity contribution in [1.82, 2.24) is 9.47 Å². The van der Waals surface area contributed by atoms with Gasteiger partial charge in [0.25, 0.3) is 5.91 Å². The molecular formula is C23H24Cl2N2O4. The third kappa shape index (κ3) is 4.28. The number of aryl methyl sites for hydroxylation is 1. The molecule has 0 bridgehead atoms. The molecule has 164 valence electrons. The largest absolute Gasteiger partial charge is 0.465 e. The molecule has 1 aliphatic rings. The molecule has 0 N–H and O–H groups in total. The molecule has 1 amide bonds. The second-order valence-electron chi connectivity index (χ2n) is 7.22. The Kier molecular flexibility index (Phi) is 6.94. The van der Waals surface area contributed by atoms with Crippen molar-refractivity contribution in [3.8, 4) is 5.69 Å². The maximum Gasteiger partial charge on any atom is 0.340 e. The third-order valence-electron chi connectivity index (χ3n) is 5.35. The van der Waals surface area contributed by atoms with Gasteiger partial charge in [-0.1, -0.05) is 23.2 Å². The Hall–Kier alpha value is -2.54. The molecule has 8 heteroatoms. The summed E-state index contributed by atoms with van der Waals surface area (Å²) in [4.78, 5) is 27.1. The molecule has 31 heavy (non-hydrogen) atoms. The zero-order valence-corrected chi connectivity index (χ0v) is 19.6. The lowest BCUT2D eigenvalue weighted by Gasteiger charge is -2.16. The highest BCUT2D eigenvalue weighted by Gasteiger charge is 2.37. The summed E-state index contributed by atoms with van der Waals surface area (Å²) in [5.74, 6) is -0.801. The molecule has 2 heterocycles. The highest BCUT2D eigenvalue weighted by Crippen LogP contribution is 2.33. The van der Waals surface area contributed by atoms with Crippen LogP contribution in [0.5, 0.6) is 0 Å². The van der Waals surface area contributed by atoms with Crippen molar-refractivity contribution in [3.05, 3.63) is 68.1 Å². The van der Waals surface area contributed by atoms with Gasteiger partial charge in [-0.25, -0.2) is 4.79 Å². The number of benzene rings is 1. The van der Waals surface area contributed by atoms with Crippen molar-refractivity contribution in [2.75, 3.05) is 27.4 Å². The van der Waals surface area contributed by atoms with Crippen LogP contribution < -0.4 is 0 Å². The second-order valence-corrected chi connectivity index (χ2v) is 8.03. The molecule has 2 aromatic rings. The second kappa shape index (κ2) is 9.30. The molecule has 0 radical (unpaired) electrons. The first-order chi connectivity index (χ1) is 14.7. The fourth-order valence-electron chi connectivity index (χ4n) is 3.79. The molecule has 1 aromatic carbocycles. The lowest BCUT2D eigenvalue weighted by molar-refractivity contribution is -0.136. The van der Waals surface area contributed by atoms with Crippen LogP contribution in [-0.2, 0) is 19.1 Å². The SMILES string of the molecule is COCCN1C(=O)/C(=C/c2cc(C)n(-c3ccc(Cl)c(Cl)c3)c2C)C(C(=O)OC)=C1C. The minimum Gasteiger partial charge on any atom is -0.465 e. The maximum atomic E-state index is 13.1. The van der Waals surface area contributed by atoms with Crippen molar-refractivity contribution < 1.29 is 19.1 Å². The fourth-order valence-corrected chi connectivity index (χ4v) is 4.08. The average Bonchev–Trinajstić information content (AvgIpc) is 3.14. The first-order valence-electron chi connectivity index (χ1n) is 9.67. The van der Waals surface area contributed by atoms with Crippen molar-refractivity contribution in [3.63, 3.8) is 0 Å². The lowest BCUT2D eigenvalue weighted by Crippen LogP contribution is -2.28.